The lowest BCUT2D eigenvalue weighted by molar-refractivity contribution is -0.110. The Morgan fingerprint density at radius 1 is 1.00 bits per heavy atom. The summed E-state index contributed by atoms with van der Waals surface area (Å²) in [5.74, 6) is 0. The Bertz CT molecular complexity index is 44.0. The average Bonchev–Trinajstić information content (AvgIpc) is 1.88. The molecular formula is C4H8O4. The van der Waals surface area contributed by atoms with E-state index < -0.39 is 0 Å². The summed E-state index contributed by atoms with van der Waals surface area (Å²) in [5, 5.41) is 15.0. The molecule has 0 aromatic rings. The summed E-state index contributed by atoms with van der Waals surface area (Å²) in [4.78, 5) is 17.8. The zero-order valence-corrected chi connectivity index (χ0v) is 4.28. The van der Waals surface area contributed by atoms with Gasteiger partial charge in [-0.1, -0.05) is 0 Å². The number of aliphatic hydroxyl groups is 2. The van der Waals surface area contributed by atoms with Gasteiger partial charge in [0.15, 0.2) is 0 Å². The highest BCUT2D eigenvalue weighted by atomic mass is 16.3. The van der Waals surface area contributed by atoms with Gasteiger partial charge in [-0.2, -0.15) is 0 Å². The van der Waals surface area contributed by atoms with E-state index in [1.54, 1.807) is 0 Å². The number of hydrogen-bond acceptors (Lipinski definition) is 4. The zero-order valence-electron chi connectivity index (χ0n) is 4.28. The van der Waals surface area contributed by atoms with Gasteiger partial charge in [0.25, 0.3) is 0 Å². The molecule has 48 valence electrons. The normalized spacial score (nSPS) is 6.25. The molecule has 0 rings (SSSR count). The van der Waals surface area contributed by atoms with Crippen LogP contribution in [0.1, 0.15) is 0 Å². The molecule has 0 aliphatic rings. The van der Waals surface area contributed by atoms with Gasteiger partial charge in [0.2, 0.25) is 0 Å². The van der Waals surface area contributed by atoms with Gasteiger partial charge in [0, 0.05) is 0 Å². The lowest BCUT2D eigenvalue weighted by Gasteiger charge is -1.54. The molecule has 4 heteroatoms. The smallest absolute Gasteiger partial charge is 0.145 e. The first kappa shape index (κ1) is 10.3. The Kier molecular flexibility index (Phi) is 20.9. The molecule has 0 spiro atoms. The summed E-state index contributed by atoms with van der Waals surface area (Å²) in [6, 6.07) is 0. The van der Waals surface area contributed by atoms with E-state index in [1.165, 1.54) is 0 Å². The summed E-state index contributed by atoms with van der Waals surface area (Å²) in [5.41, 5.74) is 0. The van der Waals surface area contributed by atoms with Crippen LogP contribution in [-0.2, 0) is 9.59 Å². The van der Waals surface area contributed by atoms with Crippen molar-refractivity contribution in [2.45, 2.75) is 0 Å². The van der Waals surface area contributed by atoms with Crippen molar-refractivity contribution in [3.8, 4) is 0 Å². The second-order valence-electron chi connectivity index (χ2n) is 0.698. The number of rotatable bonds is 2. The van der Waals surface area contributed by atoms with Crippen molar-refractivity contribution in [2.24, 2.45) is 0 Å². The van der Waals surface area contributed by atoms with E-state index in [0.717, 1.165) is 0 Å². The van der Waals surface area contributed by atoms with Gasteiger partial charge >= 0.3 is 0 Å². The minimum Gasteiger partial charge on any atom is -0.389 e. The van der Waals surface area contributed by atoms with Crippen molar-refractivity contribution in [2.75, 3.05) is 13.2 Å². The van der Waals surface area contributed by atoms with Crippen molar-refractivity contribution in [1.82, 2.24) is 0 Å². The number of aldehydes is 2. The maximum absolute atomic E-state index is 8.92. The number of aliphatic hydroxyl groups excluding tert-OH is 2. The number of hydrogen-bond donors (Lipinski definition) is 2. The Hall–Kier alpha value is -0.740. The van der Waals surface area contributed by atoms with E-state index in [1.807, 2.05) is 0 Å². The number of carbonyl (C=O) groups excluding carboxylic acids is 2. The molecule has 0 heterocycles. The molecule has 0 saturated carbocycles. The van der Waals surface area contributed by atoms with Gasteiger partial charge in [-0.3, -0.25) is 0 Å². The highest BCUT2D eigenvalue weighted by Crippen LogP contribution is 1.28. The fraction of sp³-hybridized carbons (Fsp3) is 0.500. The van der Waals surface area contributed by atoms with Crippen molar-refractivity contribution >= 4 is 12.6 Å². The van der Waals surface area contributed by atoms with E-state index in [2.05, 4.69) is 0 Å². The SMILES string of the molecule is O=CCO.O=CCO. The minimum absolute atomic E-state index is 0.361. The Labute approximate surface area is 46.8 Å². The highest BCUT2D eigenvalue weighted by Gasteiger charge is 1.53. The summed E-state index contributed by atoms with van der Waals surface area (Å²) in [6.45, 7) is -0.722. The number of carbonyl (C=O) groups is 2. The van der Waals surface area contributed by atoms with Gasteiger partial charge < -0.3 is 19.8 Å². The Balaban J connectivity index is 0. The Morgan fingerprint density at radius 3 is 1.12 bits per heavy atom. The van der Waals surface area contributed by atoms with Crippen LogP contribution < -0.4 is 0 Å². The van der Waals surface area contributed by atoms with E-state index in [4.69, 9.17) is 19.8 Å². The van der Waals surface area contributed by atoms with Crippen LogP contribution in [-0.4, -0.2) is 36.0 Å². The molecule has 0 amide bonds. The molecule has 0 aliphatic heterocycles. The molecule has 0 atom stereocenters. The summed E-state index contributed by atoms with van der Waals surface area (Å²) < 4.78 is 0. The van der Waals surface area contributed by atoms with Crippen molar-refractivity contribution in [3.05, 3.63) is 0 Å². The lowest BCUT2D eigenvalue weighted by atomic mass is 10.9. The first-order chi connectivity index (χ1) is 3.83. The second-order valence-corrected chi connectivity index (χ2v) is 0.698. The highest BCUT2D eigenvalue weighted by molar-refractivity contribution is 5.50. The molecule has 8 heavy (non-hydrogen) atoms. The van der Waals surface area contributed by atoms with Crippen molar-refractivity contribution < 1.29 is 19.8 Å². The maximum Gasteiger partial charge on any atom is 0.145 e. The van der Waals surface area contributed by atoms with Crippen LogP contribution in [0.4, 0.5) is 0 Å². The van der Waals surface area contributed by atoms with E-state index in [9.17, 15) is 0 Å². The first-order valence-electron chi connectivity index (χ1n) is 1.92. The third-order valence-corrected chi connectivity index (χ3v) is 0.149. The van der Waals surface area contributed by atoms with E-state index in [-0.39, 0.29) is 13.2 Å². The molecule has 0 bridgehead atoms. The van der Waals surface area contributed by atoms with Gasteiger partial charge in [-0.05, 0) is 0 Å². The largest absolute Gasteiger partial charge is 0.389 e. The summed E-state index contributed by atoms with van der Waals surface area (Å²) >= 11 is 0. The summed E-state index contributed by atoms with van der Waals surface area (Å²) in [7, 11) is 0. The maximum atomic E-state index is 8.92. The third kappa shape index (κ3) is 60.1. The lowest BCUT2D eigenvalue weighted by Crippen LogP contribution is -1.75. The van der Waals surface area contributed by atoms with Gasteiger partial charge in [-0.25, -0.2) is 0 Å². The van der Waals surface area contributed by atoms with E-state index in [0.29, 0.717) is 12.6 Å². The third-order valence-electron chi connectivity index (χ3n) is 0.149. The molecule has 0 saturated heterocycles. The van der Waals surface area contributed by atoms with Crippen LogP contribution in [0.3, 0.4) is 0 Å². The molecule has 2 N–H and O–H groups in total. The average molecular weight is 120 g/mol. The van der Waals surface area contributed by atoms with Gasteiger partial charge in [-0.15, -0.1) is 0 Å². The Morgan fingerprint density at radius 2 is 1.12 bits per heavy atom. The van der Waals surface area contributed by atoms with Crippen LogP contribution in [0.15, 0.2) is 0 Å². The van der Waals surface area contributed by atoms with Gasteiger partial charge in [0.1, 0.15) is 12.6 Å². The van der Waals surface area contributed by atoms with Crippen LogP contribution in [0.25, 0.3) is 0 Å². The predicted molar refractivity (Wildman–Crippen MR) is 26.3 cm³/mol. The van der Waals surface area contributed by atoms with E-state index >= 15 is 0 Å². The van der Waals surface area contributed by atoms with Crippen molar-refractivity contribution in [1.29, 1.82) is 0 Å². The van der Waals surface area contributed by atoms with Crippen molar-refractivity contribution in [3.63, 3.8) is 0 Å². The van der Waals surface area contributed by atoms with Crippen LogP contribution in [0.2, 0.25) is 0 Å². The first-order valence-corrected chi connectivity index (χ1v) is 1.92. The molecule has 0 fully saturated rings. The predicted octanol–water partition coefficient (Wildman–Crippen LogP) is -1.64. The standard InChI is InChI=1S/2C2H4O2/c2*3-1-2-4/h2*1,4H,2H2. The zero-order chi connectivity index (χ0) is 6.83. The molecule has 4 nitrogen and oxygen atoms in total. The monoisotopic (exact) mass is 120 g/mol. The molecule has 0 unspecified atom stereocenters. The molecule has 0 aromatic heterocycles. The second kappa shape index (κ2) is 16.3. The molecule has 0 radical (unpaired) electrons. The quantitative estimate of drug-likeness (QED) is 0.428. The van der Waals surface area contributed by atoms with Gasteiger partial charge in [0.05, 0.1) is 13.2 Å². The fourth-order valence-electron chi connectivity index (χ4n) is 0. The molecule has 0 aromatic carbocycles. The topological polar surface area (TPSA) is 74.6 Å². The summed E-state index contributed by atoms with van der Waals surface area (Å²) in [6.07, 6.45) is 0.861. The van der Waals surface area contributed by atoms with Crippen LogP contribution in [0, 0.1) is 0 Å². The van der Waals surface area contributed by atoms with Crippen LogP contribution >= 0.6 is 0 Å². The minimum atomic E-state index is -0.361. The van der Waals surface area contributed by atoms with Crippen LogP contribution in [0.5, 0.6) is 0 Å². The molecule has 0 aliphatic carbocycles. The fourth-order valence-corrected chi connectivity index (χ4v) is 0. The molecular weight excluding hydrogens is 112 g/mol.